The lowest BCUT2D eigenvalue weighted by atomic mass is 9.96. The van der Waals surface area contributed by atoms with Gasteiger partial charge in [0, 0.05) is 39.4 Å². The number of aromatic nitrogens is 2. The number of nitrogens with two attached hydrogens (primary N) is 1. The van der Waals surface area contributed by atoms with Gasteiger partial charge in [0.25, 0.3) is 5.56 Å². The van der Waals surface area contributed by atoms with Crippen LogP contribution < -0.4 is 21.5 Å². The second-order valence-electron chi connectivity index (χ2n) is 9.44. The summed E-state index contributed by atoms with van der Waals surface area (Å²) in [6.07, 6.45) is 1.82. The molecule has 4 rings (SSSR count). The van der Waals surface area contributed by atoms with Crippen molar-refractivity contribution in [1.29, 1.82) is 5.41 Å². The van der Waals surface area contributed by atoms with Gasteiger partial charge in [-0.3, -0.25) is 10.2 Å². The molecule has 1 saturated carbocycles. The normalized spacial score (nSPS) is 16.7. The number of halogens is 3. The molecule has 0 bridgehead atoms. The number of nitrogens with one attached hydrogen (secondary N) is 2. The molecule has 37 heavy (non-hydrogen) atoms. The van der Waals surface area contributed by atoms with Gasteiger partial charge in [-0.2, -0.15) is 13.2 Å². The lowest BCUT2D eigenvalue weighted by molar-refractivity contribution is -0.138. The summed E-state index contributed by atoms with van der Waals surface area (Å²) >= 11 is 0. The maximum absolute atomic E-state index is 13.1. The van der Waals surface area contributed by atoms with Crippen LogP contribution in [0.4, 0.5) is 35.2 Å². The molecule has 1 saturated heterocycles. The van der Waals surface area contributed by atoms with E-state index in [0.717, 1.165) is 29.5 Å². The second-order valence-corrected chi connectivity index (χ2v) is 9.44. The Hall–Kier alpha value is -3.77. The summed E-state index contributed by atoms with van der Waals surface area (Å²) < 4.78 is 45.9. The molecule has 2 amide bonds. The zero-order chi connectivity index (χ0) is 26.9. The van der Waals surface area contributed by atoms with Gasteiger partial charge in [-0.05, 0) is 44.2 Å². The number of nitrogens with zero attached hydrogens (tertiary/aromatic N) is 4. The predicted molar refractivity (Wildman–Crippen MR) is 133 cm³/mol. The number of anilines is 3. The van der Waals surface area contributed by atoms with Crippen molar-refractivity contribution in [3.63, 3.8) is 0 Å². The molecule has 4 N–H and O–H groups in total. The molecule has 0 radical (unpaired) electrons. The van der Waals surface area contributed by atoms with E-state index in [-0.39, 0.29) is 23.9 Å². The SMILES string of the molecule is CN(C(=O)Nc1cc(C(F)(F)F)cn(C)c1=O)C1CCN(c2cnc(N)c(C(=N)OC3CCC3)c2)CC1. The van der Waals surface area contributed by atoms with E-state index in [1.807, 2.05) is 0 Å². The highest BCUT2D eigenvalue weighted by atomic mass is 19.4. The predicted octanol–water partition coefficient (Wildman–Crippen LogP) is 3.41. The van der Waals surface area contributed by atoms with Crippen molar-refractivity contribution >= 4 is 29.1 Å². The Morgan fingerprint density at radius 3 is 2.51 bits per heavy atom. The fourth-order valence-corrected chi connectivity index (χ4v) is 4.37. The van der Waals surface area contributed by atoms with Gasteiger partial charge < -0.3 is 30.2 Å². The largest absolute Gasteiger partial charge is 0.474 e. The first-order valence-electron chi connectivity index (χ1n) is 12.0. The first kappa shape index (κ1) is 26.3. The fourth-order valence-electron chi connectivity index (χ4n) is 4.37. The number of carbonyl (C=O) groups is 1. The molecule has 2 aromatic heterocycles. The Morgan fingerprint density at radius 2 is 1.92 bits per heavy atom. The quantitative estimate of drug-likeness (QED) is 0.409. The molecule has 1 aliphatic heterocycles. The Labute approximate surface area is 211 Å². The molecule has 0 atom stereocenters. The molecule has 0 spiro atoms. The maximum Gasteiger partial charge on any atom is 0.417 e. The highest BCUT2D eigenvalue weighted by Crippen LogP contribution is 2.30. The van der Waals surface area contributed by atoms with Crippen LogP contribution in [0.5, 0.6) is 0 Å². The Kier molecular flexibility index (Phi) is 7.32. The number of amides is 2. The highest BCUT2D eigenvalue weighted by molar-refractivity contribution is 5.97. The molecule has 2 aliphatic rings. The molecule has 2 aromatic rings. The fraction of sp³-hybridized carbons (Fsp3) is 0.500. The van der Waals surface area contributed by atoms with Crippen molar-refractivity contribution in [3.8, 4) is 0 Å². The zero-order valence-electron chi connectivity index (χ0n) is 20.6. The van der Waals surface area contributed by atoms with Gasteiger partial charge in [-0.25, -0.2) is 9.78 Å². The van der Waals surface area contributed by atoms with Crippen LogP contribution in [-0.4, -0.2) is 58.7 Å². The van der Waals surface area contributed by atoms with Crippen molar-refractivity contribution in [1.82, 2.24) is 14.5 Å². The summed E-state index contributed by atoms with van der Waals surface area (Å²) in [5.74, 6) is 0.226. The maximum atomic E-state index is 13.1. The van der Waals surface area contributed by atoms with E-state index in [9.17, 15) is 22.8 Å². The minimum absolute atomic E-state index is 0.00331. The summed E-state index contributed by atoms with van der Waals surface area (Å²) in [5.41, 5.74) is 5.01. The third kappa shape index (κ3) is 5.81. The summed E-state index contributed by atoms with van der Waals surface area (Å²) in [5, 5.41) is 10.6. The van der Waals surface area contributed by atoms with Gasteiger partial charge in [-0.1, -0.05) is 0 Å². The number of rotatable bonds is 5. The zero-order valence-corrected chi connectivity index (χ0v) is 20.6. The Morgan fingerprint density at radius 1 is 1.24 bits per heavy atom. The number of urea groups is 1. The molecule has 200 valence electrons. The van der Waals surface area contributed by atoms with Crippen LogP contribution in [0.25, 0.3) is 0 Å². The molecule has 2 fully saturated rings. The van der Waals surface area contributed by atoms with Gasteiger partial charge in [0.15, 0.2) is 0 Å². The van der Waals surface area contributed by atoms with Crippen LogP contribution in [-0.2, 0) is 18.0 Å². The van der Waals surface area contributed by atoms with E-state index in [4.69, 9.17) is 15.9 Å². The lowest BCUT2D eigenvalue weighted by Crippen LogP contribution is -2.47. The van der Waals surface area contributed by atoms with E-state index >= 15 is 0 Å². The van der Waals surface area contributed by atoms with E-state index in [2.05, 4.69) is 15.2 Å². The molecule has 1 aliphatic carbocycles. The molecular formula is C24H30F3N7O3. The van der Waals surface area contributed by atoms with Crippen LogP contribution in [0.1, 0.15) is 43.2 Å². The average Bonchev–Trinajstić information content (AvgIpc) is 2.83. The van der Waals surface area contributed by atoms with Crippen LogP contribution in [0, 0.1) is 5.41 Å². The number of hydrogen-bond donors (Lipinski definition) is 3. The molecule has 13 heteroatoms. The van der Waals surface area contributed by atoms with Gasteiger partial charge in [0.2, 0.25) is 5.90 Å². The third-order valence-electron chi connectivity index (χ3n) is 6.94. The first-order valence-corrected chi connectivity index (χ1v) is 12.0. The van der Waals surface area contributed by atoms with Gasteiger partial charge in [-0.15, -0.1) is 0 Å². The van der Waals surface area contributed by atoms with Crippen molar-refractivity contribution in [2.45, 2.75) is 50.4 Å². The summed E-state index contributed by atoms with van der Waals surface area (Å²) in [6.45, 7) is 1.16. The number of aryl methyl sites for hydroxylation is 1. The van der Waals surface area contributed by atoms with Gasteiger partial charge in [0.05, 0.1) is 23.0 Å². The summed E-state index contributed by atoms with van der Waals surface area (Å²) in [6, 6.07) is 1.58. The number of ether oxygens (including phenoxy) is 1. The number of alkyl halides is 3. The topological polar surface area (TPSA) is 130 Å². The van der Waals surface area contributed by atoms with E-state index in [1.165, 1.54) is 11.9 Å². The van der Waals surface area contributed by atoms with Crippen molar-refractivity contribution < 1.29 is 22.7 Å². The van der Waals surface area contributed by atoms with E-state index < -0.39 is 29.0 Å². The lowest BCUT2D eigenvalue weighted by Gasteiger charge is -2.37. The Balaban J connectivity index is 1.38. The highest BCUT2D eigenvalue weighted by Gasteiger charge is 2.33. The van der Waals surface area contributed by atoms with Crippen LogP contribution in [0.15, 0.2) is 29.3 Å². The van der Waals surface area contributed by atoms with Crippen molar-refractivity contribution in [2.24, 2.45) is 7.05 Å². The summed E-state index contributed by atoms with van der Waals surface area (Å²) in [4.78, 5) is 32.8. The van der Waals surface area contributed by atoms with Gasteiger partial charge in [0.1, 0.15) is 17.6 Å². The van der Waals surface area contributed by atoms with Crippen LogP contribution in [0.3, 0.4) is 0 Å². The van der Waals surface area contributed by atoms with E-state index in [0.29, 0.717) is 43.8 Å². The molecule has 10 nitrogen and oxygen atoms in total. The summed E-state index contributed by atoms with van der Waals surface area (Å²) in [7, 11) is 2.75. The van der Waals surface area contributed by atoms with Gasteiger partial charge >= 0.3 is 12.2 Å². The molecular weight excluding hydrogens is 491 g/mol. The van der Waals surface area contributed by atoms with Crippen LogP contribution >= 0.6 is 0 Å². The number of pyridine rings is 2. The number of nitrogen functional groups attached to an aromatic ring is 1. The third-order valence-corrected chi connectivity index (χ3v) is 6.94. The van der Waals surface area contributed by atoms with Crippen molar-refractivity contribution in [2.75, 3.05) is 36.1 Å². The number of piperidine rings is 1. The smallest absolute Gasteiger partial charge is 0.417 e. The second kappa shape index (κ2) is 10.3. The molecule has 0 unspecified atom stereocenters. The van der Waals surface area contributed by atoms with Crippen molar-refractivity contribution in [3.05, 3.63) is 46.0 Å². The average molecular weight is 522 g/mol. The molecule has 3 heterocycles. The van der Waals surface area contributed by atoms with E-state index in [1.54, 1.807) is 19.3 Å². The minimum atomic E-state index is -4.65. The number of carbonyl (C=O) groups excluding carboxylic acids is 1. The molecule has 0 aromatic carbocycles. The first-order chi connectivity index (χ1) is 17.4. The van der Waals surface area contributed by atoms with Crippen LogP contribution in [0.2, 0.25) is 0 Å². The monoisotopic (exact) mass is 521 g/mol. The minimum Gasteiger partial charge on any atom is -0.474 e. The standard InChI is InChI=1S/C24H30F3N7O3/c1-32-13-14(24(25,26)27)10-19(22(32)35)31-23(36)33(2)15-6-8-34(9-7-15)16-11-18(20(28)30-12-16)21(29)37-17-4-3-5-17/h10-13,15,17,29H,3-9H2,1-2H3,(H2,28,30)(H,31,36). The number of hydrogen-bond acceptors (Lipinski definition) is 7. The Bertz CT molecular complexity index is 1240.